The molecule has 2 nitrogen and oxygen atoms in total. The summed E-state index contributed by atoms with van der Waals surface area (Å²) in [5.74, 6) is -0.222. The minimum atomic E-state index is -0.222. The lowest BCUT2D eigenvalue weighted by Crippen LogP contribution is -2.23. The van der Waals surface area contributed by atoms with Crippen molar-refractivity contribution in [2.75, 3.05) is 13.3 Å². The Morgan fingerprint density at radius 1 is 1.50 bits per heavy atom. The summed E-state index contributed by atoms with van der Waals surface area (Å²) in [6, 6.07) is 6.68. The molecule has 1 atom stereocenters. The van der Waals surface area contributed by atoms with Crippen LogP contribution in [0.15, 0.2) is 24.3 Å². The molecule has 2 rings (SSSR count). The molecule has 14 heavy (non-hydrogen) atoms. The molecule has 1 aromatic rings. The highest BCUT2D eigenvalue weighted by atomic mass is 19.1. The van der Waals surface area contributed by atoms with Crippen LogP contribution in [-0.2, 0) is 5.11 Å². The number of rotatable bonds is 2. The van der Waals surface area contributed by atoms with Crippen molar-refractivity contribution in [2.45, 2.75) is 18.9 Å². The first-order valence-electron chi connectivity index (χ1n) is 4.89. The van der Waals surface area contributed by atoms with Crippen LogP contribution >= 0.6 is 0 Å². The summed E-state index contributed by atoms with van der Waals surface area (Å²) in [6.07, 6.45) is 2.00. The molecule has 1 fully saturated rings. The van der Waals surface area contributed by atoms with Gasteiger partial charge in [0, 0.05) is 12.6 Å². The van der Waals surface area contributed by atoms with Gasteiger partial charge in [-0.1, -0.05) is 12.1 Å². The van der Waals surface area contributed by atoms with E-state index in [2.05, 4.69) is 0 Å². The van der Waals surface area contributed by atoms with Crippen LogP contribution in [0.5, 0.6) is 0 Å². The van der Waals surface area contributed by atoms with Gasteiger partial charge in [0.05, 0.1) is 0 Å². The Hall–Kier alpha value is -0.930. The Labute approximate surface area is 83.0 Å². The first-order valence-corrected chi connectivity index (χ1v) is 4.89. The first-order chi connectivity index (χ1) is 6.81. The van der Waals surface area contributed by atoms with Gasteiger partial charge in [-0.25, -0.2) is 9.50 Å². The zero-order valence-corrected chi connectivity index (χ0v) is 7.95. The normalized spacial score (nSPS) is 22.9. The molecule has 1 aliphatic heterocycles. The van der Waals surface area contributed by atoms with Crippen LogP contribution in [0.3, 0.4) is 0 Å². The molecule has 1 aromatic carbocycles. The van der Waals surface area contributed by atoms with E-state index in [0.29, 0.717) is 0 Å². The van der Waals surface area contributed by atoms with Crippen molar-refractivity contribution in [1.82, 2.24) is 4.90 Å². The Morgan fingerprint density at radius 3 is 3.07 bits per heavy atom. The zero-order valence-electron chi connectivity index (χ0n) is 7.95. The summed E-state index contributed by atoms with van der Waals surface area (Å²) in [7, 11) is 0. The van der Waals surface area contributed by atoms with Crippen LogP contribution in [0.4, 0.5) is 4.39 Å². The van der Waals surface area contributed by atoms with Gasteiger partial charge in [0.15, 0.2) is 0 Å². The molecule has 1 saturated heterocycles. The zero-order chi connectivity index (χ0) is 9.97. The van der Waals surface area contributed by atoms with Crippen molar-refractivity contribution in [3.05, 3.63) is 35.6 Å². The molecule has 0 unspecified atom stereocenters. The summed E-state index contributed by atoms with van der Waals surface area (Å²) in [4.78, 5) is 1.86. The minimum Gasteiger partial charge on any atom is -0.271 e. The van der Waals surface area contributed by atoms with E-state index in [1.165, 1.54) is 12.1 Å². The molecule has 1 heterocycles. The van der Waals surface area contributed by atoms with Crippen molar-refractivity contribution in [1.29, 1.82) is 0 Å². The fourth-order valence-electron chi connectivity index (χ4n) is 2.07. The summed E-state index contributed by atoms with van der Waals surface area (Å²) in [5.41, 5.74) is 0.929. The largest absolute Gasteiger partial charge is 0.271 e. The quantitative estimate of drug-likeness (QED) is 0.708. The number of benzene rings is 1. The third-order valence-corrected chi connectivity index (χ3v) is 2.76. The summed E-state index contributed by atoms with van der Waals surface area (Å²) >= 11 is 0. The lowest BCUT2D eigenvalue weighted by atomic mass is 10.0. The van der Waals surface area contributed by atoms with Crippen LogP contribution in [0.25, 0.3) is 0 Å². The van der Waals surface area contributed by atoms with Crippen LogP contribution < -0.4 is 0 Å². The fourth-order valence-corrected chi connectivity index (χ4v) is 2.07. The maximum absolute atomic E-state index is 13.0. The van der Waals surface area contributed by atoms with Crippen molar-refractivity contribution in [3.63, 3.8) is 0 Å². The van der Waals surface area contributed by atoms with Crippen molar-refractivity contribution < 1.29 is 9.50 Å². The third kappa shape index (κ3) is 1.79. The summed E-state index contributed by atoms with van der Waals surface area (Å²) in [5, 5.41) is 10.8. The number of likely N-dealkylation sites (tertiary alicyclic amines) is 1. The van der Waals surface area contributed by atoms with Gasteiger partial charge in [-0.3, -0.25) is 4.90 Å². The van der Waals surface area contributed by atoms with E-state index in [1.54, 1.807) is 6.07 Å². The van der Waals surface area contributed by atoms with Crippen molar-refractivity contribution in [3.8, 4) is 0 Å². The average molecular weight is 194 g/mol. The molecule has 0 aliphatic carbocycles. The third-order valence-electron chi connectivity index (χ3n) is 2.76. The van der Waals surface area contributed by atoms with Gasteiger partial charge in [0.25, 0.3) is 0 Å². The van der Waals surface area contributed by atoms with Crippen molar-refractivity contribution >= 4 is 0 Å². The standard InChI is InChI=1S/C11H13FNO/c12-10-4-1-3-9(7-10)11-5-2-6-13(11)8-14/h1,3-4,7,11H,2,5-6,8H2/t11-/m1/s1. The van der Waals surface area contributed by atoms with E-state index in [4.69, 9.17) is 0 Å². The van der Waals surface area contributed by atoms with Crippen molar-refractivity contribution in [2.24, 2.45) is 0 Å². The molecule has 3 heteroatoms. The van der Waals surface area contributed by atoms with E-state index in [1.807, 2.05) is 11.0 Å². The van der Waals surface area contributed by atoms with Gasteiger partial charge in [-0.2, -0.15) is 0 Å². The van der Waals surface area contributed by atoms with Gasteiger partial charge < -0.3 is 0 Å². The molecule has 0 spiro atoms. The molecule has 75 valence electrons. The fraction of sp³-hybridized carbons (Fsp3) is 0.455. The minimum absolute atomic E-state index is 0.128. The van der Waals surface area contributed by atoms with E-state index >= 15 is 0 Å². The van der Waals surface area contributed by atoms with Gasteiger partial charge in [0.2, 0.25) is 0 Å². The maximum Gasteiger partial charge on any atom is 0.136 e. The molecule has 0 aromatic heterocycles. The van der Waals surface area contributed by atoms with Crippen LogP contribution in [0.2, 0.25) is 0 Å². The predicted molar refractivity (Wildman–Crippen MR) is 50.6 cm³/mol. The van der Waals surface area contributed by atoms with Crippen LogP contribution in [0.1, 0.15) is 24.4 Å². The molecule has 0 saturated carbocycles. The van der Waals surface area contributed by atoms with E-state index in [0.717, 1.165) is 24.9 Å². The Bertz CT molecular complexity index is 316. The molecule has 0 amide bonds. The second kappa shape index (κ2) is 4.07. The molecular weight excluding hydrogens is 181 g/mol. The van der Waals surface area contributed by atoms with Gasteiger partial charge >= 0.3 is 0 Å². The number of nitrogens with zero attached hydrogens (tertiary/aromatic N) is 1. The van der Waals surface area contributed by atoms with E-state index in [-0.39, 0.29) is 18.6 Å². The number of halogens is 1. The smallest absolute Gasteiger partial charge is 0.136 e. The molecule has 0 N–H and O–H groups in total. The Kier molecular flexibility index (Phi) is 2.79. The Balaban J connectivity index is 2.21. The maximum atomic E-state index is 13.0. The van der Waals surface area contributed by atoms with Crippen LogP contribution in [-0.4, -0.2) is 18.2 Å². The highest BCUT2D eigenvalue weighted by Gasteiger charge is 2.25. The van der Waals surface area contributed by atoms with Gasteiger partial charge in [-0.15, -0.1) is 0 Å². The highest BCUT2D eigenvalue weighted by molar-refractivity contribution is 5.21. The number of hydrogen-bond donors (Lipinski definition) is 0. The summed E-state index contributed by atoms with van der Waals surface area (Å²) in [6.45, 7) is 0.645. The Morgan fingerprint density at radius 2 is 2.36 bits per heavy atom. The molecule has 0 bridgehead atoms. The van der Waals surface area contributed by atoms with Gasteiger partial charge in [0.1, 0.15) is 12.5 Å². The van der Waals surface area contributed by atoms with E-state index < -0.39 is 0 Å². The second-order valence-corrected chi connectivity index (χ2v) is 3.65. The summed E-state index contributed by atoms with van der Waals surface area (Å²) < 4.78 is 13.0. The monoisotopic (exact) mass is 194 g/mol. The molecule has 1 radical (unpaired) electrons. The lowest BCUT2D eigenvalue weighted by Gasteiger charge is -2.21. The van der Waals surface area contributed by atoms with E-state index in [9.17, 15) is 9.50 Å². The SMILES string of the molecule is [O]CN1CCC[C@@H]1c1cccc(F)c1. The predicted octanol–water partition coefficient (Wildman–Crippen LogP) is 2.35. The highest BCUT2D eigenvalue weighted by Crippen LogP contribution is 2.31. The molecular formula is C11H13FNO. The van der Waals surface area contributed by atoms with Gasteiger partial charge in [-0.05, 0) is 30.5 Å². The first kappa shape index (κ1) is 9.62. The number of hydrogen-bond acceptors (Lipinski definition) is 1. The second-order valence-electron chi connectivity index (χ2n) is 3.65. The lowest BCUT2D eigenvalue weighted by molar-refractivity contribution is 0.0423. The topological polar surface area (TPSA) is 23.1 Å². The van der Waals surface area contributed by atoms with Crippen LogP contribution in [0, 0.1) is 5.82 Å². The molecule has 1 aliphatic rings. The average Bonchev–Trinajstić information content (AvgIpc) is 2.65.